The van der Waals surface area contributed by atoms with E-state index in [-0.39, 0.29) is 5.91 Å². The normalized spacial score (nSPS) is 10.8. The molecule has 0 spiro atoms. The molecule has 0 aliphatic heterocycles. The SMILES string of the molecule is COc1ccc(/C=N/NC(=O)c2cn(-c3ccccc3)nc2-c2ccccc2)c(OC)c1. The Balaban J connectivity index is 1.62. The summed E-state index contributed by atoms with van der Waals surface area (Å²) >= 11 is 0. The van der Waals surface area contributed by atoms with Gasteiger partial charge in [-0.15, -0.1) is 0 Å². The third-order valence-electron chi connectivity index (χ3n) is 4.84. The average Bonchev–Trinajstić information content (AvgIpc) is 3.31. The van der Waals surface area contributed by atoms with Gasteiger partial charge < -0.3 is 9.47 Å². The van der Waals surface area contributed by atoms with Crippen LogP contribution in [0.5, 0.6) is 11.5 Å². The highest BCUT2D eigenvalue weighted by Crippen LogP contribution is 2.24. The van der Waals surface area contributed by atoms with Crippen LogP contribution in [0.25, 0.3) is 16.9 Å². The Morgan fingerprint density at radius 2 is 1.69 bits per heavy atom. The first-order valence-electron chi connectivity index (χ1n) is 9.95. The van der Waals surface area contributed by atoms with Gasteiger partial charge in [-0.1, -0.05) is 48.5 Å². The van der Waals surface area contributed by atoms with Crippen molar-refractivity contribution in [2.45, 2.75) is 0 Å². The summed E-state index contributed by atoms with van der Waals surface area (Å²) in [5, 5.41) is 8.77. The molecular weight excluding hydrogens is 404 g/mol. The lowest BCUT2D eigenvalue weighted by molar-refractivity contribution is 0.0955. The van der Waals surface area contributed by atoms with Crippen molar-refractivity contribution in [3.05, 3.63) is 96.2 Å². The van der Waals surface area contributed by atoms with Crippen LogP contribution in [0.15, 0.2) is 90.2 Å². The van der Waals surface area contributed by atoms with Gasteiger partial charge in [0, 0.05) is 23.4 Å². The van der Waals surface area contributed by atoms with E-state index < -0.39 is 0 Å². The van der Waals surface area contributed by atoms with Gasteiger partial charge in [0.2, 0.25) is 0 Å². The fourth-order valence-electron chi connectivity index (χ4n) is 3.21. The smallest absolute Gasteiger partial charge is 0.275 e. The number of hydrogen-bond donors (Lipinski definition) is 1. The van der Waals surface area contributed by atoms with E-state index in [4.69, 9.17) is 9.47 Å². The minimum Gasteiger partial charge on any atom is -0.497 e. The van der Waals surface area contributed by atoms with Crippen LogP contribution in [-0.2, 0) is 0 Å². The van der Waals surface area contributed by atoms with E-state index in [2.05, 4.69) is 15.6 Å². The Bertz CT molecular complexity index is 1230. The quantitative estimate of drug-likeness (QED) is 0.353. The second-order valence-corrected chi connectivity index (χ2v) is 6.84. The topological polar surface area (TPSA) is 77.7 Å². The monoisotopic (exact) mass is 426 g/mol. The third kappa shape index (κ3) is 4.52. The van der Waals surface area contributed by atoms with Crippen LogP contribution in [0.3, 0.4) is 0 Å². The zero-order valence-corrected chi connectivity index (χ0v) is 17.7. The fraction of sp³-hybridized carbons (Fsp3) is 0.0800. The van der Waals surface area contributed by atoms with Gasteiger partial charge in [-0.2, -0.15) is 10.2 Å². The molecule has 1 N–H and O–H groups in total. The maximum Gasteiger partial charge on any atom is 0.275 e. The molecule has 0 aliphatic rings. The number of amides is 1. The fourth-order valence-corrected chi connectivity index (χ4v) is 3.21. The van der Waals surface area contributed by atoms with E-state index in [9.17, 15) is 4.79 Å². The highest BCUT2D eigenvalue weighted by Gasteiger charge is 2.18. The van der Waals surface area contributed by atoms with Crippen LogP contribution in [0.4, 0.5) is 0 Å². The number of hydrazone groups is 1. The maximum absolute atomic E-state index is 13.0. The van der Waals surface area contributed by atoms with Crippen LogP contribution in [0.2, 0.25) is 0 Å². The first kappa shape index (κ1) is 20.9. The van der Waals surface area contributed by atoms with Crippen LogP contribution in [-0.4, -0.2) is 36.1 Å². The van der Waals surface area contributed by atoms with Crippen LogP contribution >= 0.6 is 0 Å². The summed E-state index contributed by atoms with van der Waals surface area (Å²) in [6, 6.07) is 24.6. The van der Waals surface area contributed by atoms with Crippen LogP contribution < -0.4 is 14.9 Å². The van der Waals surface area contributed by atoms with E-state index in [1.807, 2.05) is 60.7 Å². The lowest BCUT2D eigenvalue weighted by Gasteiger charge is -2.07. The molecule has 0 unspecified atom stereocenters. The van der Waals surface area contributed by atoms with Crippen LogP contribution in [0, 0.1) is 0 Å². The Labute approximate surface area is 185 Å². The van der Waals surface area contributed by atoms with Gasteiger partial charge in [0.25, 0.3) is 5.91 Å². The number of para-hydroxylation sites is 1. The van der Waals surface area contributed by atoms with Crippen molar-refractivity contribution < 1.29 is 14.3 Å². The number of hydrogen-bond acceptors (Lipinski definition) is 5. The maximum atomic E-state index is 13.0. The van der Waals surface area contributed by atoms with Gasteiger partial charge in [0.15, 0.2) is 0 Å². The molecule has 0 saturated heterocycles. The molecule has 4 rings (SSSR count). The number of ether oxygens (including phenoxy) is 2. The highest BCUT2D eigenvalue weighted by molar-refractivity contribution is 6.00. The van der Waals surface area contributed by atoms with Crippen molar-refractivity contribution in [1.29, 1.82) is 0 Å². The number of carbonyl (C=O) groups is 1. The molecule has 0 fully saturated rings. The molecule has 7 heteroatoms. The van der Waals surface area contributed by atoms with E-state index >= 15 is 0 Å². The van der Waals surface area contributed by atoms with Crippen LogP contribution in [0.1, 0.15) is 15.9 Å². The molecule has 7 nitrogen and oxygen atoms in total. The third-order valence-corrected chi connectivity index (χ3v) is 4.84. The zero-order valence-electron chi connectivity index (χ0n) is 17.7. The van der Waals surface area contributed by atoms with Gasteiger partial charge in [0.1, 0.15) is 17.2 Å². The molecule has 3 aromatic carbocycles. The first-order chi connectivity index (χ1) is 15.7. The lowest BCUT2D eigenvalue weighted by atomic mass is 10.1. The number of benzene rings is 3. The Kier molecular flexibility index (Phi) is 6.27. The number of methoxy groups -OCH3 is 2. The number of nitrogens with zero attached hydrogens (tertiary/aromatic N) is 3. The summed E-state index contributed by atoms with van der Waals surface area (Å²) in [5.41, 5.74) is 5.98. The Morgan fingerprint density at radius 3 is 2.38 bits per heavy atom. The Hall–Kier alpha value is -4.39. The summed E-state index contributed by atoms with van der Waals surface area (Å²) in [6.45, 7) is 0. The minimum atomic E-state index is -0.366. The summed E-state index contributed by atoms with van der Waals surface area (Å²) in [5.74, 6) is 0.892. The lowest BCUT2D eigenvalue weighted by Crippen LogP contribution is -2.18. The van der Waals surface area contributed by atoms with Crippen molar-refractivity contribution in [3.8, 4) is 28.4 Å². The van der Waals surface area contributed by atoms with Gasteiger partial charge in [-0.3, -0.25) is 4.79 Å². The van der Waals surface area contributed by atoms with Crippen molar-refractivity contribution in [2.24, 2.45) is 5.10 Å². The van der Waals surface area contributed by atoms with Gasteiger partial charge in [0.05, 0.1) is 31.7 Å². The molecule has 0 saturated carbocycles. The standard InChI is InChI=1S/C25H22N4O3/c1-31-21-14-13-19(23(15-21)32-2)16-26-27-25(30)22-17-29(20-11-7-4-8-12-20)28-24(22)18-9-5-3-6-10-18/h3-17H,1-2H3,(H,27,30)/b26-16+. The summed E-state index contributed by atoms with van der Waals surface area (Å²) in [7, 11) is 3.15. The average molecular weight is 426 g/mol. The molecule has 0 bridgehead atoms. The molecular formula is C25H22N4O3. The van der Waals surface area contributed by atoms with Crippen molar-refractivity contribution in [2.75, 3.05) is 14.2 Å². The second kappa shape index (κ2) is 9.61. The predicted molar refractivity (Wildman–Crippen MR) is 124 cm³/mol. The minimum absolute atomic E-state index is 0.366. The molecule has 32 heavy (non-hydrogen) atoms. The molecule has 4 aromatic rings. The van der Waals surface area contributed by atoms with Gasteiger partial charge in [-0.25, -0.2) is 10.1 Å². The second-order valence-electron chi connectivity index (χ2n) is 6.84. The molecule has 1 aromatic heterocycles. The van der Waals surface area contributed by atoms with E-state index in [0.717, 1.165) is 11.3 Å². The van der Waals surface area contributed by atoms with E-state index in [0.29, 0.717) is 28.3 Å². The summed E-state index contributed by atoms with van der Waals surface area (Å²) in [4.78, 5) is 13.0. The number of rotatable bonds is 7. The van der Waals surface area contributed by atoms with E-state index in [1.165, 1.54) is 6.21 Å². The largest absolute Gasteiger partial charge is 0.497 e. The molecule has 0 radical (unpaired) electrons. The molecule has 0 atom stereocenters. The summed E-state index contributed by atoms with van der Waals surface area (Å²) in [6.07, 6.45) is 3.23. The molecule has 1 heterocycles. The van der Waals surface area contributed by atoms with E-state index in [1.54, 1.807) is 43.3 Å². The molecule has 1 amide bonds. The molecule has 0 aliphatic carbocycles. The number of carbonyl (C=O) groups excluding carboxylic acids is 1. The van der Waals surface area contributed by atoms with Gasteiger partial charge >= 0.3 is 0 Å². The van der Waals surface area contributed by atoms with Gasteiger partial charge in [-0.05, 0) is 24.3 Å². The van der Waals surface area contributed by atoms with Crippen molar-refractivity contribution in [1.82, 2.24) is 15.2 Å². The first-order valence-corrected chi connectivity index (χ1v) is 9.95. The number of aromatic nitrogens is 2. The zero-order chi connectivity index (χ0) is 22.3. The highest BCUT2D eigenvalue weighted by atomic mass is 16.5. The molecule has 160 valence electrons. The number of nitrogens with one attached hydrogen (secondary N) is 1. The predicted octanol–water partition coefficient (Wildman–Crippen LogP) is 4.32. The van der Waals surface area contributed by atoms with Crippen molar-refractivity contribution >= 4 is 12.1 Å². The van der Waals surface area contributed by atoms with Crippen molar-refractivity contribution in [3.63, 3.8) is 0 Å². The summed E-state index contributed by atoms with van der Waals surface area (Å²) < 4.78 is 12.3. The Morgan fingerprint density at radius 1 is 0.969 bits per heavy atom.